The molecule has 0 amide bonds. The molecule has 0 fully saturated rings. The molecule has 0 atom stereocenters. The lowest BCUT2D eigenvalue weighted by Gasteiger charge is -2.20. The highest BCUT2D eigenvalue weighted by molar-refractivity contribution is 6.29. The lowest BCUT2D eigenvalue weighted by Crippen LogP contribution is -2.24. The summed E-state index contributed by atoms with van der Waals surface area (Å²) < 4.78 is 0. The van der Waals surface area contributed by atoms with Crippen LogP contribution in [0.5, 0.6) is 0 Å². The average molecular weight is 278 g/mol. The van der Waals surface area contributed by atoms with Crippen molar-refractivity contribution in [3.05, 3.63) is 58.1 Å². The minimum absolute atomic E-state index is 0.344. The summed E-state index contributed by atoms with van der Waals surface area (Å²) in [5, 5.41) is 10.1. The van der Waals surface area contributed by atoms with Gasteiger partial charge in [0.2, 0.25) is 0 Å². The van der Waals surface area contributed by atoms with Crippen molar-refractivity contribution in [3.63, 3.8) is 0 Å². The van der Waals surface area contributed by atoms with Crippen LogP contribution in [0.15, 0.2) is 36.4 Å². The number of hydrogen-bond acceptors (Lipinski definition) is 3. The molecule has 2 rings (SSSR count). The van der Waals surface area contributed by atoms with Crippen molar-refractivity contribution >= 4 is 23.2 Å². The molecule has 0 bridgehead atoms. The fourth-order valence-electron chi connectivity index (χ4n) is 1.62. The molecule has 0 aliphatic carbocycles. The highest BCUT2D eigenvalue weighted by Crippen LogP contribution is 2.29. The summed E-state index contributed by atoms with van der Waals surface area (Å²) in [4.78, 5) is 8.36. The van der Waals surface area contributed by atoms with Gasteiger partial charge in [-0.15, -0.1) is 0 Å². The average Bonchev–Trinajstić information content (AvgIpc) is 2.38. The molecular formula is C13H9Cl2N3. The second kappa shape index (κ2) is 4.93. The molecule has 0 N–H and O–H groups in total. The van der Waals surface area contributed by atoms with Gasteiger partial charge in [-0.05, 0) is 31.2 Å². The third-order valence-corrected chi connectivity index (χ3v) is 3.10. The van der Waals surface area contributed by atoms with Crippen LogP contribution in [0.2, 0.25) is 10.3 Å². The van der Waals surface area contributed by atoms with E-state index in [-0.39, 0.29) is 0 Å². The van der Waals surface area contributed by atoms with Crippen molar-refractivity contribution in [2.75, 3.05) is 0 Å². The van der Waals surface area contributed by atoms with Crippen LogP contribution in [-0.2, 0) is 5.41 Å². The zero-order valence-electron chi connectivity index (χ0n) is 9.56. The molecule has 0 aliphatic rings. The molecular weight excluding hydrogens is 269 g/mol. The molecule has 0 unspecified atom stereocenters. The van der Waals surface area contributed by atoms with Gasteiger partial charge in [0, 0.05) is 0 Å². The van der Waals surface area contributed by atoms with Gasteiger partial charge in [0.1, 0.15) is 15.7 Å². The number of aromatic nitrogens is 2. The Balaban J connectivity index is 2.59. The molecule has 2 aromatic heterocycles. The maximum Gasteiger partial charge on any atom is 0.138 e. The SMILES string of the molecule is CC(C#N)(c1cccc(Cl)n1)c1cccc(Cl)n1. The third kappa shape index (κ3) is 2.31. The van der Waals surface area contributed by atoms with Crippen LogP contribution in [0, 0.1) is 11.3 Å². The standard InChI is InChI=1S/C13H9Cl2N3/c1-13(8-16,9-4-2-6-11(14)17-9)10-5-3-7-12(15)18-10/h2-7H,1H3. The second-order valence-corrected chi connectivity index (χ2v) is 4.70. The topological polar surface area (TPSA) is 49.6 Å². The maximum atomic E-state index is 9.46. The Labute approximate surface area is 115 Å². The number of hydrogen-bond donors (Lipinski definition) is 0. The molecule has 0 saturated carbocycles. The van der Waals surface area contributed by atoms with E-state index in [0.29, 0.717) is 21.7 Å². The Kier molecular flexibility index (Phi) is 3.51. The van der Waals surface area contributed by atoms with E-state index in [9.17, 15) is 5.26 Å². The Hall–Kier alpha value is -1.63. The molecule has 2 heterocycles. The van der Waals surface area contributed by atoms with E-state index in [1.807, 2.05) is 0 Å². The first-order chi connectivity index (χ1) is 8.56. The first-order valence-electron chi connectivity index (χ1n) is 5.23. The van der Waals surface area contributed by atoms with E-state index < -0.39 is 5.41 Å². The van der Waals surface area contributed by atoms with E-state index in [4.69, 9.17) is 23.2 Å². The number of nitriles is 1. The molecule has 0 aromatic carbocycles. The normalized spacial score (nSPS) is 11.0. The molecule has 0 spiro atoms. The van der Waals surface area contributed by atoms with Gasteiger partial charge in [-0.2, -0.15) is 5.26 Å². The van der Waals surface area contributed by atoms with Gasteiger partial charge in [-0.3, -0.25) is 0 Å². The van der Waals surface area contributed by atoms with Crippen LogP contribution in [0.25, 0.3) is 0 Å². The molecule has 5 heteroatoms. The van der Waals surface area contributed by atoms with E-state index in [2.05, 4.69) is 16.0 Å². The zero-order chi connectivity index (χ0) is 13.2. The van der Waals surface area contributed by atoms with Gasteiger partial charge >= 0.3 is 0 Å². The van der Waals surface area contributed by atoms with E-state index >= 15 is 0 Å². The molecule has 3 nitrogen and oxygen atoms in total. The van der Waals surface area contributed by atoms with Gasteiger partial charge in [0.15, 0.2) is 0 Å². The van der Waals surface area contributed by atoms with Crippen molar-refractivity contribution in [3.8, 4) is 6.07 Å². The van der Waals surface area contributed by atoms with Crippen molar-refractivity contribution in [2.45, 2.75) is 12.3 Å². The summed E-state index contributed by atoms with van der Waals surface area (Å²) in [5.74, 6) is 0. The number of pyridine rings is 2. The van der Waals surface area contributed by atoms with Crippen LogP contribution < -0.4 is 0 Å². The van der Waals surface area contributed by atoms with Crippen molar-refractivity contribution in [1.82, 2.24) is 9.97 Å². The van der Waals surface area contributed by atoms with Crippen molar-refractivity contribution < 1.29 is 0 Å². The Morgan fingerprint density at radius 1 is 1.00 bits per heavy atom. The third-order valence-electron chi connectivity index (χ3n) is 2.68. The Morgan fingerprint density at radius 3 is 1.78 bits per heavy atom. The Bertz CT molecular complexity index is 574. The highest BCUT2D eigenvalue weighted by atomic mass is 35.5. The number of rotatable bonds is 2. The predicted octanol–water partition coefficient (Wildman–Crippen LogP) is 3.61. The molecule has 0 saturated heterocycles. The summed E-state index contributed by atoms with van der Waals surface area (Å²) in [5.41, 5.74) is 0.120. The fraction of sp³-hybridized carbons (Fsp3) is 0.154. The highest BCUT2D eigenvalue weighted by Gasteiger charge is 2.32. The monoisotopic (exact) mass is 277 g/mol. The lowest BCUT2D eigenvalue weighted by atomic mass is 9.84. The lowest BCUT2D eigenvalue weighted by molar-refractivity contribution is 0.682. The quantitative estimate of drug-likeness (QED) is 0.788. The summed E-state index contributed by atoms with van der Waals surface area (Å²) in [6, 6.07) is 12.6. The first kappa shape index (κ1) is 12.8. The first-order valence-corrected chi connectivity index (χ1v) is 5.99. The van der Waals surface area contributed by atoms with Gasteiger partial charge in [-0.25, -0.2) is 9.97 Å². The van der Waals surface area contributed by atoms with Crippen LogP contribution in [0.3, 0.4) is 0 Å². The summed E-state index contributed by atoms with van der Waals surface area (Å²) in [6.45, 7) is 1.74. The predicted molar refractivity (Wildman–Crippen MR) is 70.6 cm³/mol. The van der Waals surface area contributed by atoms with E-state index in [1.165, 1.54) is 0 Å². The largest absolute Gasteiger partial charge is 0.239 e. The molecule has 18 heavy (non-hydrogen) atoms. The number of halogens is 2. The van der Waals surface area contributed by atoms with Crippen molar-refractivity contribution in [2.24, 2.45) is 0 Å². The van der Waals surface area contributed by atoms with Gasteiger partial charge in [0.25, 0.3) is 0 Å². The molecule has 0 aliphatic heterocycles. The molecule has 2 aromatic rings. The van der Waals surface area contributed by atoms with Crippen LogP contribution in [0.4, 0.5) is 0 Å². The summed E-state index contributed by atoms with van der Waals surface area (Å²) in [6.07, 6.45) is 0. The maximum absolute atomic E-state index is 9.46. The van der Waals surface area contributed by atoms with E-state index in [0.717, 1.165) is 0 Å². The number of nitrogens with zero attached hydrogens (tertiary/aromatic N) is 3. The van der Waals surface area contributed by atoms with Gasteiger partial charge < -0.3 is 0 Å². The zero-order valence-corrected chi connectivity index (χ0v) is 11.1. The second-order valence-electron chi connectivity index (χ2n) is 3.93. The summed E-state index contributed by atoms with van der Waals surface area (Å²) in [7, 11) is 0. The molecule has 90 valence electrons. The molecule has 0 radical (unpaired) electrons. The van der Waals surface area contributed by atoms with E-state index in [1.54, 1.807) is 43.3 Å². The minimum atomic E-state index is -0.976. The van der Waals surface area contributed by atoms with Gasteiger partial charge in [0.05, 0.1) is 17.5 Å². The summed E-state index contributed by atoms with van der Waals surface area (Å²) >= 11 is 11.7. The van der Waals surface area contributed by atoms with Crippen LogP contribution in [0.1, 0.15) is 18.3 Å². The van der Waals surface area contributed by atoms with Crippen LogP contribution >= 0.6 is 23.2 Å². The van der Waals surface area contributed by atoms with Crippen LogP contribution in [-0.4, -0.2) is 9.97 Å². The van der Waals surface area contributed by atoms with Gasteiger partial charge in [-0.1, -0.05) is 35.3 Å². The fourth-order valence-corrected chi connectivity index (χ4v) is 1.95. The smallest absolute Gasteiger partial charge is 0.138 e. The minimum Gasteiger partial charge on any atom is -0.239 e. The van der Waals surface area contributed by atoms with Crippen molar-refractivity contribution in [1.29, 1.82) is 5.26 Å². The Morgan fingerprint density at radius 2 is 1.44 bits per heavy atom.